The third kappa shape index (κ3) is 5.55. The Kier molecular flexibility index (Phi) is 7.12. The lowest BCUT2D eigenvalue weighted by Crippen LogP contribution is -2.41. The van der Waals surface area contributed by atoms with Crippen molar-refractivity contribution in [3.63, 3.8) is 0 Å². The van der Waals surface area contributed by atoms with Crippen LogP contribution in [-0.2, 0) is 9.47 Å². The predicted octanol–water partition coefficient (Wildman–Crippen LogP) is 2.99. The average molecular weight is 485 g/mol. The third-order valence-corrected chi connectivity index (χ3v) is 6.55. The van der Waals surface area contributed by atoms with Gasteiger partial charge in [-0.3, -0.25) is 9.69 Å². The van der Waals surface area contributed by atoms with Gasteiger partial charge in [0, 0.05) is 63.9 Å². The van der Waals surface area contributed by atoms with Crippen LogP contribution < -0.4 is 10.1 Å². The number of carbonyl (C=O) groups excluding carboxylic acids is 1. The van der Waals surface area contributed by atoms with Crippen LogP contribution in [0.5, 0.6) is 6.01 Å². The summed E-state index contributed by atoms with van der Waals surface area (Å²) in [6.45, 7) is 10.7. The molecule has 0 unspecified atom stereocenters. The predicted molar refractivity (Wildman–Crippen MR) is 137 cm³/mol. The van der Waals surface area contributed by atoms with Gasteiger partial charge in [-0.25, -0.2) is 0 Å². The van der Waals surface area contributed by atoms with E-state index in [0.717, 1.165) is 55.1 Å². The summed E-state index contributed by atoms with van der Waals surface area (Å²) in [5.74, 6) is 0.367. The number of carbonyl (C=O) groups is 1. The van der Waals surface area contributed by atoms with Crippen molar-refractivity contribution in [2.24, 2.45) is 0 Å². The average Bonchev–Trinajstić information content (AvgIpc) is 3.17. The van der Waals surface area contributed by atoms with E-state index in [4.69, 9.17) is 14.2 Å². The molecule has 190 valence electrons. The molecular formula is C25H36N6O4. The maximum Gasteiger partial charge on any atom is 0.319 e. The number of ether oxygens (including phenoxy) is 3. The summed E-state index contributed by atoms with van der Waals surface area (Å²) in [4.78, 5) is 29.6. The number of amides is 1. The number of H-pyrrole nitrogens is 1. The molecule has 2 aliphatic heterocycles. The van der Waals surface area contributed by atoms with Crippen molar-refractivity contribution in [3.05, 3.63) is 41.2 Å². The zero-order valence-corrected chi connectivity index (χ0v) is 20.3. The minimum atomic E-state index is -0.149. The summed E-state index contributed by atoms with van der Waals surface area (Å²) < 4.78 is 16.7. The van der Waals surface area contributed by atoms with Crippen LogP contribution in [0.4, 0.5) is 11.5 Å². The molecule has 2 aromatic heterocycles. The molecule has 3 aromatic rings. The van der Waals surface area contributed by atoms with Crippen molar-refractivity contribution < 1.29 is 21.9 Å². The maximum absolute atomic E-state index is 13.2. The highest BCUT2D eigenvalue weighted by atomic mass is 16.5. The lowest BCUT2D eigenvalue weighted by Gasteiger charge is -2.27. The molecule has 0 aliphatic carbocycles. The van der Waals surface area contributed by atoms with E-state index in [9.17, 15) is 4.79 Å². The molecule has 35 heavy (non-hydrogen) atoms. The molecule has 1 amide bonds. The first kappa shape index (κ1) is 23.5. The lowest BCUT2D eigenvalue weighted by molar-refractivity contribution is 0.0294. The molecule has 0 radical (unpaired) electrons. The third-order valence-electron chi connectivity index (χ3n) is 6.55. The molecule has 0 atom stereocenters. The molecule has 4 heterocycles. The molecule has 2 fully saturated rings. The zero-order chi connectivity index (χ0) is 24.2. The second-order valence-electron chi connectivity index (χ2n) is 8.89. The zero-order valence-electron chi connectivity index (χ0n) is 20.3. The Balaban J connectivity index is 0.00000190. The van der Waals surface area contributed by atoms with E-state index in [1.165, 1.54) is 5.56 Å². The molecular weight excluding hydrogens is 448 g/mol. The van der Waals surface area contributed by atoms with Crippen LogP contribution in [0.2, 0.25) is 0 Å². The van der Waals surface area contributed by atoms with Gasteiger partial charge in [-0.15, -0.1) is 0 Å². The van der Waals surface area contributed by atoms with Gasteiger partial charge in [-0.05, 0) is 37.6 Å². The smallest absolute Gasteiger partial charge is 0.319 e. The first-order valence-electron chi connectivity index (χ1n) is 12.1. The highest BCUT2D eigenvalue weighted by Gasteiger charge is 2.22. The van der Waals surface area contributed by atoms with Crippen LogP contribution in [0, 0.1) is 13.8 Å². The normalized spacial score (nSPS) is 17.0. The van der Waals surface area contributed by atoms with Crippen LogP contribution in [0.15, 0.2) is 24.3 Å². The Hall–Kier alpha value is -3.21. The number of benzene rings is 1. The second kappa shape index (κ2) is 10.6. The fourth-order valence-corrected chi connectivity index (χ4v) is 4.37. The summed E-state index contributed by atoms with van der Waals surface area (Å²) in [5, 5.41) is 4.49. The topological polar surface area (TPSA) is 105 Å². The summed E-state index contributed by atoms with van der Waals surface area (Å²) in [6, 6.07) is 7.99. The van der Waals surface area contributed by atoms with Crippen molar-refractivity contribution in [2.75, 3.05) is 71.1 Å². The number of aromatic amines is 1. The highest BCUT2D eigenvalue weighted by Crippen LogP contribution is 2.26. The number of rotatable bonds is 7. The quantitative estimate of drug-likeness (QED) is 0.527. The SMILES string of the molecule is Cc1[nH]c2ccc(Nc3cc(C(=O)N4CCOCC4)nc(OCCN4CCOCC4)n3)cc2c1C.[HH].[HH]. The van der Waals surface area contributed by atoms with Gasteiger partial charge in [0.2, 0.25) is 0 Å². The second-order valence-corrected chi connectivity index (χ2v) is 8.89. The Bertz CT molecular complexity index is 1200. The van der Waals surface area contributed by atoms with E-state index in [2.05, 4.69) is 45.1 Å². The van der Waals surface area contributed by atoms with Gasteiger partial charge >= 0.3 is 6.01 Å². The van der Waals surface area contributed by atoms with E-state index in [1.807, 2.05) is 12.1 Å². The monoisotopic (exact) mass is 484 g/mol. The molecule has 0 spiro atoms. The molecule has 2 aliphatic rings. The van der Waals surface area contributed by atoms with Gasteiger partial charge in [0.25, 0.3) is 5.91 Å². The van der Waals surface area contributed by atoms with E-state index < -0.39 is 0 Å². The first-order valence-corrected chi connectivity index (χ1v) is 12.1. The molecule has 10 heteroatoms. The van der Waals surface area contributed by atoms with Gasteiger partial charge in [-0.1, -0.05) is 0 Å². The molecule has 2 saturated heterocycles. The van der Waals surface area contributed by atoms with Crippen LogP contribution >= 0.6 is 0 Å². The van der Waals surface area contributed by atoms with Gasteiger partial charge < -0.3 is 29.4 Å². The standard InChI is InChI=1S/C25H32N6O4.2H2/c1-17-18(2)26-21-4-3-19(15-20(17)21)27-23-16-22(24(32)31-8-12-34-13-9-31)28-25(29-23)35-14-7-30-5-10-33-11-6-30;;/h3-4,15-16,26H,5-14H2,1-2H3,(H,27,28,29);2*1H. The van der Waals surface area contributed by atoms with Crippen LogP contribution in [0.1, 0.15) is 24.6 Å². The van der Waals surface area contributed by atoms with Crippen LogP contribution in [-0.4, -0.2) is 96.4 Å². The van der Waals surface area contributed by atoms with Crippen molar-refractivity contribution >= 4 is 28.3 Å². The molecule has 0 saturated carbocycles. The lowest BCUT2D eigenvalue weighted by atomic mass is 10.1. The number of aromatic nitrogens is 3. The highest BCUT2D eigenvalue weighted by molar-refractivity contribution is 5.93. The van der Waals surface area contributed by atoms with Crippen molar-refractivity contribution in [1.82, 2.24) is 24.8 Å². The fourth-order valence-electron chi connectivity index (χ4n) is 4.37. The number of aryl methyl sites for hydroxylation is 2. The number of anilines is 2. The van der Waals surface area contributed by atoms with Gasteiger partial charge in [0.05, 0.1) is 26.4 Å². The number of morpholine rings is 2. The summed E-state index contributed by atoms with van der Waals surface area (Å²) >= 11 is 0. The van der Waals surface area contributed by atoms with Gasteiger partial charge in [0.15, 0.2) is 0 Å². The molecule has 0 bridgehead atoms. The minimum absolute atomic E-state index is 0. The first-order chi connectivity index (χ1) is 17.1. The van der Waals surface area contributed by atoms with Crippen molar-refractivity contribution in [2.45, 2.75) is 13.8 Å². The number of nitrogens with one attached hydrogen (secondary N) is 2. The molecule has 10 nitrogen and oxygen atoms in total. The van der Waals surface area contributed by atoms with E-state index >= 15 is 0 Å². The summed E-state index contributed by atoms with van der Waals surface area (Å²) in [5.41, 5.74) is 4.63. The molecule has 2 N–H and O–H groups in total. The van der Waals surface area contributed by atoms with E-state index in [-0.39, 0.29) is 14.8 Å². The fraction of sp³-hybridized carbons (Fsp3) is 0.480. The Labute approximate surface area is 207 Å². The number of hydrogen-bond acceptors (Lipinski definition) is 8. The maximum atomic E-state index is 13.2. The van der Waals surface area contributed by atoms with Gasteiger partial charge in [0.1, 0.15) is 18.1 Å². The Morgan fingerprint density at radius 1 is 1.09 bits per heavy atom. The van der Waals surface area contributed by atoms with Crippen LogP contribution in [0.25, 0.3) is 10.9 Å². The summed E-state index contributed by atoms with van der Waals surface area (Å²) in [6.07, 6.45) is 0. The molecule has 1 aromatic carbocycles. The van der Waals surface area contributed by atoms with Crippen molar-refractivity contribution in [1.29, 1.82) is 0 Å². The van der Waals surface area contributed by atoms with Crippen molar-refractivity contribution in [3.8, 4) is 6.01 Å². The van der Waals surface area contributed by atoms with Crippen LogP contribution in [0.3, 0.4) is 0 Å². The number of hydrogen-bond donors (Lipinski definition) is 2. The summed E-state index contributed by atoms with van der Waals surface area (Å²) in [7, 11) is 0. The van der Waals surface area contributed by atoms with E-state index in [0.29, 0.717) is 44.4 Å². The number of nitrogens with zero attached hydrogens (tertiary/aromatic N) is 4. The minimum Gasteiger partial charge on any atom is -0.462 e. The Morgan fingerprint density at radius 3 is 2.60 bits per heavy atom. The van der Waals surface area contributed by atoms with E-state index in [1.54, 1.807) is 11.0 Å². The Morgan fingerprint density at radius 2 is 1.83 bits per heavy atom. The number of fused-ring (bicyclic) bond motifs is 1. The largest absolute Gasteiger partial charge is 0.462 e. The van der Waals surface area contributed by atoms with Gasteiger partial charge in [-0.2, -0.15) is 9.97 Å². The molecule has 5 rings (SSSR count).